The minimum absolute atomic E-state index is 0.101. The molecule has 1 fully saturated rings. The Morgan fingerprint density at radius 3 is 2.88 bits per heavy atom. The van der Waals surface area contributed by atoms with E-state index >= 15 is 0 Å². The monoisotopic (exact) mass is 344 g/mol. The molecule has 2 heterocycles. The molecule has 0 spiro atoms. The molecule has 1 aliphatic rings. The van der Waals surface area contributed by atoms with Crippen LogP contribution in [0.1, 0.15) is 34.5 Å². The van der Waals surface area contributed by atoms with E-state index in [0.29, 0.717) is 17.8 Å². The molecule has 5 heteroatoms. The number of aryl methyl sites for hydroxylation is 1. The zero-order valence-corrected chi connectivity index (χ0v) is 14.8. The topological polar surface area (TPSA) is 61.4 Å². The maximum atomic E-state index is 12.5. The second kappa shape index (κ2) is 7.47. The molecule has 0 aliphatic carbocycles. The number of nitrogens with one attached hydrogen (secondary N) is 2. The van der Waals surface area contributed by atoms with Crippen LogP contribution < -0.4 is 10.6 Å². The second-order valence-corrected chi connectivity index (χ2v) is 7.55. The van der Waals surface area contributed by atoms with E-state index in [1.54, 1.807) is 0 Å². The Balaban J connectivity index is 1.67. The summed E-state index contributed by atoms with van der Waals surface area (Å²) in [6.07, 6.45) is 2.33. The first kappa shape index (κ1) is 17.1. The van der Waals surface area contributed by atoms with Gasteiger partial charge in [-0.2, -0.15) is 0 Å². The number of aliphatic hydroxyl groups is 1. The number of carbonyl (C=O) groups excluding carboxylic acids is 1. The van der Waals surface area contributed by atoms with Crippen LogP contribution in [0.5, 0.6) is 0 Å². The third-order valence-corrected chi connectivity index (χ3v) is 5.80. The van der Waals surface area contributed by atoms with Gasteiger partial charge in [-0.25, -0.2) is 0 Å². The highest BCUT2D eigenvalue weighted by atomic mass is 32.1. The Morgan fingerprint density at radius 1 is 1.29 bits per heavy atom. The minimum atomic E-state index is -0.798. The SMILES string of the molecule is Cc1cc(C(=O)NCC2(O)CCCNCC2)sc1-c1ccccc1. The molecule has 3 rings (SSSR count). The molecule has 0 saturated carbocycles. The lowest BCUT2D eigenvalue weighted by atomic mass is 9.95. The van der Waals surface area contributed by atoms with Crippen molar-refractivity contribution in [1.82, 2.24) is 10.6 Å². The van der Waals surface area contributed by atoms with E-state index < -0.39 is 5.60 Å². The van der Waals surface area contributed by atoms with Gasteiger partial charge in [-0.3, -0.25) is 4.79 Å². The van der Waals surface area contributed by atoms with Gasteiger partial charge in [-0.1, -0.05) is 30.3 Å². The zero-order chi connectivity index (χ0) is 17.0. The fourth-order valence-electron chi connectivity index (χ4n) is 3.09. The van der Waals surface area contributed by atoms with Gasteiger partial charge in [0.25, 0.3) is 5.91 Å². The van der Waals surface area contributed by atoms with Crippen LogP contribution in [0.2, 0.25) is 0 Å². The Morgan fingerprint density at radius 2 is 2.08 bits per heavy atom. The molecule has 4 nitrogen and oxygen atoms in total. The predicted octanol–water partition coefficient (Wildman–Crippen LogP) is 2.96. The van der Waals surface area contributed by atoms with Crippen LogP contribution >= 0.6 is 11.3 Å². The van der Waals surface area contributed by atoms with E-state index in [4.69, 9.17) is 0 Å². The summed E-state index contributed by atoms with van der Waals surface area (Å²) in [7, 11) is 0. The third-order valence-electron chi connectivity index (χ3n) is 4.52. The average molecular weight is 344 g/mol. The van der Waals surface area contributed by atoms with Crippen LogP contribution in [0.4, 0.5) is 0 Å². The van der Waals surface area contributed by atoms with Gasteiger partial charge in [-0.15, -0.1) is 11.3 Å². The first-order valence-electron chi connectivity index (χ1n) is 8.45. The van der Waals surface area contributed by atoms with E-state index in [1.165, 1.54) is 11.3 Å². The molecule has 1 aromatic heterocycles. The Hall–Kier alpha value is -1.69. The summed E-state index contributed by atoms with van der Waals surface area (Å²) < 4.78 is 0. The Labute approximate surface area is 146 Å². The van der Waals surface area contributed by atoms with Gasteiger partial charge in [0.05, 0.1) is 10.5 Å². The number of carbonyl (C=O) groups is 1. The second-order valence-electron chi connectivity index (χ2n) is 6.50. The van der Waals surface area contributed by atoms with Crippen molar-refractivity contribution in [2.45, 2.75) is 31.8 Å². The molecular formula is C19H24N2O2S. The summed E-state index contributed by atoms with van der Waals surface area (Å²) >= 11 is 1.50. The number of benzene rings is 1. The van der Waals surface area contributed by atoms with Crippen molar-refractivity contribution in [3.63, 3.8) is 0 Å². The number of hydrogen-bond acceptors (Lipinski definition) is 4. The number of thiophene rings is 1. The molecule has 128 valence electrons. The van der Waals surface area contributed by atoms with Crippen molar-refractivity contribution in [2.75, 3.05) is 19.6 Å². The van der Waals surface area contributed by atoms with Gasteiger partial charge < -0.3 is 15.7 Å². The maximum Gasteiger partial charge on any atom is 0.261 e. The van der Waals surface area contributed by atoms with Crippen molar-refractivity contribution in [1.29, 1.82) is 0 Å². The van der Waals surface area contributed by atoms with Crippen LogP contribution in [0.15, 0.2) is 36.4 Å². The lowest BCUT2D eigenvalue weighted by Gasteiger charge is -2.26. The smallest absolute Gasteiger partial charge is 0.261 e. The molecule has 24 heavy (non-hydrogen) atoms. The quantitative estimate of drug-likeness (QED) is 0.799. The highest BCUT2D eigenvalue weighted by Crippen LogP contribution is 2.32. The molecule has 1 aliphatic heterocycles. The molecule has 1 amide bonds. The van der Waals surface area contributed by atoms with Crippen LogP contribution in [-0.2, 0) is 0 Å². The molecule has 0 bridgehead atoms. The highest BCUT2D eigenvalue weighted by molar-refractivity contribution is 7.17. The maximum absolute atomic E-state index is 12.5. The number of hydrogen-bond donors (Lipinski definition) is 3. The van der Waals surface area contributed by atoms with Crippen LogP contribution in [0, 0.1) is 6.92 Å². The van der Waals surface area contributed by atoms with Crippen molar-refractivity contribution in [3.8, 4) is 10.4 Å². The fraction of sp³-hybridized carbons (Fsp3) is 0.421. The van der Waals surface area contributed by atoms with Gasteiger partial charge in [0.1, 0.15) is 0 Å². The van der Waals surface area contributed by atoms with E-state index in [9.17, 15) is 9.90 Å². The molecule has 1 saturated heterocycles. The number of rotatable bonds is 4. The lowest BCUT2D eigenvalue weighted by Crippen LogP contribution is -2.43. The van der Waals surface area contributed by atoms with Gasteiger partial charge >= 0.3 is 0 Å². The first-order chi connectivity index (χ1) is 11.6. The van der Waals surface area contributed by atoms with Gasteiger partial charge in [0.15, 0.2) is 0 Å². The molecular weight excluding hydrogens is 320 g/mol. The molecule has 0 radical (unpaired) electrons. The van der Waals surface area contributed by atoms with E-state index in [-0.39, 0.29) is 5.91 Å². The van der Waals surface area contributed by atoms with Crippen molar-refractivity contribution >= 4 is 17.2 Å². The molecule has 1 atom stereocenters. The summed E-state index contributed by atoms with van der Waals surface area (Å²) in [5, 5.41) is 16.8. The molecule has 1 unspecified atom stereocenters. The summed E-state index contributed by atoms with van der Waals surface area (Å²) in [5.41, 5.74) is 1.44. The van der Waals surface area contributed by atoms with Crippen LogP contribution in [0.3, 0.4) is 0 Å². The van der Waals surface area contributed by atoms with Crippen molar-refractivity contribution in [3.05, 3.63) is 46.8 Å². The van der Waals surface area contributed by atoms with Crippen LogP contribution in [0.25, 0.3) is 10.4 Å². The standard InChI is InChI=1S/C19H24N2O2S/c1-14-12-16(24-17(14)15-6-3-2-4-7-15)18(22)21-13-19(23)8-5-10-20-11-9-19/h2-4,6-7,12,20,23H,5,8-11,13H2,1H3,(H,21,22). The Bertz CT molecular complexity index is 689. The highest BCUT2D eigenvalue weighted by Gasteiger charge is 2.28. The van der Waals surface area contributed by atoms with Crippen molar-refractivity contribution in [2.24, 2.45) is 0 Å². The molecule has 3 N–H and O–H groups in total. The minimum Gasteiger partial charge on any atom is -0.388 e. The third kappa shape index (κ3) is 4.04. The average Bonchev–Trinajstić information content (AvgIpc) is 2.85. The summed E-state index contributed by atoms with van der Waals surface area (Å²) in [5.74, 6) is -0.101. The van der Waals surface area contributed by atoms with Gasteiger partial charge in [0, 0.05) is 11.4 Å². The largest absolute Gasteiger partial charge is 0.388 e. The van der Waals surface area contributed by atoms with E-state index in [1.807, 2.05) is 31.2 Å². The summed E-state index contributed by atoms with van der Waals surface area (Å²) in [4.78, 5) is 14.3. The zero-order valence-electron chi connectivity index (χ0n) is 14.0. The predicted molar refractivity (Wildman–Crippen MR) is 98.5 cm³/mol. The fourth-order valence-corrected chi connectivity index (χ4v) is 4.19. The Kier molecular flexibility index (Phi) is 5.33. The van der Waals surface area contributed by atoms with E-state index in [2.05, 4.69) is 22.8 Å². The first-order valence-corrected chi connectivity index (χ1v) is 9.26. The van der Waals surface area contributed by atoms with E-state index in [0.717, 1.165) is 41.9 Å². The summed E-state index contributed by atoms with van der Waals surface area (Å²) in [6.45, 7) is 4.06. The van der Waals surface area contributed by atoms with Crippen molar-refractivity contribution < 1.29 is 9.90 Å². The lowest BCUT2D eigenvalue weighted by molar-refractivity contribution is 0.0276. The summed E-state index contributed by atoms with van der Waals surface area (Å²) in [6, 6.07) is 12.0. The number of amides is 1. The van der Waals surface area contributed by atoms with Crippen LogP contribution in [-0.4, -0.2) is 36.2 Å². The molecule has 2 aromatic rings. The molecule has 1 aromatic carbocycles. The normalized spacial score (nSPS) is 21.2. The van der Waals surface area contributed by atoms with Gasteiger partial charge in [0.2, 0.25) is 0 Å². The van der Waals surface area contributed by atoms with Gasteiger partial charge in [-0.05, 0) is 56.5 Å².